The number of sulfonamides is 1. The van der Waals surface area contributed by atoms with E-state index >= 15 is 0 Å². The first kappa shape index (κ1) is 17.2. The highest BCUT2D eigenvalue weighted by Crippen LogP contribution is 2.22. The molecule has 0 saturated carbocycles. The van der Waals surface area contributed by atoms with Crippen LogP contribution in [0.4, 0.5) is 13.2 Å². The fraction of sp³-hybridized carbons (Fsp3) is 0.538. The van der Waals surface area contributed by atoms with Gasteiger partial charge in [0.2, 0.25) is 10.0 Å². The van der Waals surface area contributed by atoms with Crippen LogP contribution in [0.3, 0.4) is 0 Å². The van der Waals surface area contributed by atoms with Crippen LogP contribution in [0.2, 0.25) is 0 Å². The van der Waals surface area contributed by atoms with Crippen LogP contribution in [0.15, 0.2) is 17.0 Å². The maximum atomic E-state index is 13.6. The summed E-state index contributed by atoms with van der Waals surface area (Å²) < 4.78 is 71.2. The van der Waals surface area contributed by atoms with Crippen LogP contribution in [0.5, 0.6) is 0 Å². The fourth-order valence-corrected chi connectivity index (χ4v) is 3.69. The highest BCUT2D eigenvalue weighted by molar-refractivity contribution is 7.89. The van der Waals surface area contributed by atoms with Crippen molar-refractivity contribution in [3.8, 4) is 0 Å². The topological polar surface area (TPSA) is 67.4 Å². The maximum Gasteiger partial charge on any atom is 0.243 e. The quantitative estimate of drug-likeness (QED) is 0.764. The van der Waals surface area contributed by atoms with Gasteiger partial charge >= 0.3 is 0 Å². The highest BCUT2D eigenvalue weighted by atomic mass is 32.2. The van der Waals surface area contributed by atoms with E-state index in [1.807, 2.05) is 0 Å². The maximum absolute atomic E-state index is 13.6. The number of nitrogens with one attached hydrogen (secondary N) is 2. The molecule has 1 saturated heterocycles. The van der Waals surface area contributed by atoms with Gasteiger partial charge in [-0.1, -0.05) is 0 Å². The van der Waals surface area contributed by atoms with Crippen LogP contribution in [0, 0.1) is 17.5 Å². The smallest absolute Gasteiger partial charge is 0.243 e. The molecule has 0 spiro atoms. The lowest BCUT2D eigenvalue weighted by Gasteiger charge is -2.28. The number of hydrogen-bond donors (Lipinski definition) is 2. The Bertz CT molecular complexity index is 646. The van der Waals surface area contributed by atoms with Gasteiger partial charge < -0.3 is 10.1 Å². The second-order valence-electron chi connectivity index (χ2n) is 5.24. The second kappa shape index (κ2) is 6.53. The summed E-state index contributed by atoms with van der Waals surface area (Å²) in [7, 11) is -2.81. The minimum absolute atomic E-state index is 0.0401. The van der Waals surface area contributed by atoms with Crippen LogP contribution in [0.25, 0.3) is 0 Å². The van der Waals surface area contributed by atoms with Gasteiger partial charge in [-0.15, -0.1) is 0 Å². The van der Waals surface area contributed by atoms with Gasteiger partial charge in [0.25, 0.3) is 0 Å². The molecule has 124 valence electrons. The summed E-state index contributed by atoms with van der Waals surface area (Å²) in [5, 5.41) is 3.15. The van der Waals surface area contributed by atoms with Gasteiger partial charge in [-0.2, -0.15) is 0 Å². The third-order valence-electron chi connectivity index (χ3n) is 3.64. The summed E-state index contributed by atoms with van der Waals surface area (Å²) in [5.41, 5.74) is -0.586. The number of halogens is 3. The summed E-state index contributed by atoms with van der Waals surface area (Å²) in [6, 6.07) is 1.27. The molecular weight excluding hydrogens is 321 g/mol. The molecule has 0 bridgehead atoms. The van der Waals surface area contributed by atoms with Gasteiger partial charge in [-0.3, -0.25) is 0 Å². The average molecular weight is 338 g/mol. The summed E-state index contributed by atoms with van der Waals surface area (Å²) in [5.74, 6) is -4.98. The van der Waals surface area contributed by atoms with Crippen molar-refractivity contribution in [2.75, 3.05) is 26.8 Å². The van der Waals surface area contributed by atoms with Crippen molar-refractivity contribution < 1.29 is 26.3 Å². The predicted octanol–water partition coefficient (Wildman–Crippen LogP) is 1.15. The number of hydrogen-bond acceptors (Lipinski definition) is 4. The summed E-state index contributed by atoms with van der Waals surface area (Å²) in [6.45, 7) is 0.946. The van der Waals surface area contributed by atoms with E-state index in [9.17, 15) is 21.6 Å². The van der Waals surface area contributed by atoms with Crippen LogP contribution < -0.4 is 10.0 Å². The summed E-state index contributed by atoms with van der Waals surface area (Å²) in [4.78, 5) is -0.919. The minimum atomic E-state index is -4.30. The Hall–Kier alpha value is -1.16. The van der Waals surface area contributed by atoms with E-state index in [2.05, 4.69) is 10.0 Å². The third kappa shape index (κ3) is 3.43. The second-order valence-corrected chi connectivity index (χ2v) is 6.98. The molecule has 1 atom stereocenters. The molecule has 1 aliphatic heterocycles. The minimum Gasteiger partial charge on any atom is -0.383 e. The molecule has 1 fully saturated rings. The first-order valence-electron chi connectivity index (χ1n) is 6.68. The lowest BCUT2D eigenvalue weighted by atomic mass is 9.99. The largest absolute Gasteiger partial charge is 0.383 e. The Kier molecular flexibility index (Phi) is 5.10. The monoisotopic (exact) mass is 338 g/mol. The zero-order chi connectivity index (χ0) is 16.4. The first-order chi connectivity index (χ1) is 10.3. The van der Waals surface area contributed by atoms with Crippen molar-refractivity contribution in [1.29, 1.82) is 0 Å². The van der Waals surface area contributed by atoms with E-state index in [4.69, 9.17) is 4.74 Å². The molecule has 1 unspecified atom stereocenters. The van der Waals surface area contributed by atoms with Crippen LogP contribution in [-0.2, 0) is 14.8 Å². The average Bonchev–Trinajstić information content (AvgIpc) is 2.92. The summed E-state index contributed by atoms with van der Waals surface area (Å²) in [6.07, 6.45) is 1.54. The Labute approximate surface area is 126 Å². The van der Waals surface area contributed by atoms with Crippen molar-refractivity contribution in [3.63, 3.8) is 0 Å². The normalized spacial score (nSPS) is 22.2. The SMILES string of the molecule is COCC1(CNS(=O)(=O)c2ccc(F)c(F)c2F)CCCN1. The molecular formula is C13H17F3N2O3S. The Balaban J connectivity index is 2.20. The molecule has 0 radical (unpaired) electrons. The van der Waals surface area contributed by atoms with Gasteiger partial charge in [0.15, 0.2) is 17.5 Å². The Morgan fingerprint density at radius 1 is 1.32 bits per heavy atom. The van der Waals surface area contributed by atoms with Crippen LogP contribution >= 0.6 is 0 Å². The van der Waals surface area contributed by atoms with Crippen molar-refractivity contribution in [3.05, 3.63) is 29.6 Å². The molecule has 2 rings (SSSR count). The Morgan fingerprint density at radius 2 is 2.05 bits per heavy atom. The standard InChI is InChI=1S/C13H17F3N2O3S/c1-21-8-13(5-2-6-17-13)7-18-22(19,20)10-4-3-9(14)11(15)12(10)16/h3-4,17-18H,2,5-8H2,1H3. The number of rotatable bonds is 6. The number of ether oxygens (including phenoxy) is 1. The molecule has 0 aliphatic carbocycles. The summed E-state index contributed by atoms with van der Waals surface area (Å²) >= 11 is 0. The molecule has 0 amide bonds. The molecule has 5 nitrogen and oxygen atoms in total. The number of methoxy groups -OCH3 is 1. The van der Waals surface area contributed by atoms with E-state index in [0.29, 0.717) is 25.1 Å². The molecule has 2 N–H and O–H groups in total. The molecule has 1 aromatic carbocycles. The predicted molar refractivity (Wildman–Crippen MR) is 73.3 cm³/mol. The van der Waals surface area contributed by atoms with Crippen molar-refractivity contribution in [2.24, 2.45) is 0 Å². The van der Waals surface area contributed by atoms with E-state index < -0.39 is 37.9 Å². The Morgan fingerprint density at radius 3 is 2.64 bits per heavy atom. The van der Waals surface area contributed by atoms with Gasteiger partial charge in [0.1, 0.15) is 4.90 Å². The number of benzene rings is 1. The molecule has 1 aliphatic rings. The molecule has 1 heterocycles. The lowest BCUT2D eigenvalue weighted by Crippen LogP contribution is -2.53. The van der Waals surface area contributed by atoms with Gasteiger partial charge in [0, 0.05) is 13.7 Å². The van der Waals surface area contributed by atoms with Crippen molar-refractivity contribution in [2.45, 2.75) is 23.3 Å². The zero-order valence-corrected chi connectivity index (χ0v) is 12.8. The van der Waals surface area contributed by atoms with E-state index in [0.717, 1.165) is 6.42 Å². The van der Waals surface area contributed by atoms with Gasteiger partial charge in [0.05, 0.1) is 12.1 Å². The molecule has 22 heavy (non-hydrogen) atoms. The van der Waals surface area contributed by atoms with Crippen LogP contribution in [0.1, 0.15) is 12.8 Å². The third-order valence-corrected chi connectivity index (χ3v) is 5.06. The van der Waals surface area contributed by atoms with E-state index in [1.54, 1.807) is 0 Å². The van der Waals surface area contributed by atoms with Crippen LogP contribution in [-0.4, -0.2) is 40.8 Å². The first-order valence-corrected chi connectivity index (χ1v) is 8.17. The zero-order valence-electron chi connectivity index (χ0n) is 12.0. The van der Waals surface area contributed by atoms with Gasteiger partial charge in [-0.25, -0.2) is 26.3 Å². The van der Waals surface area contributed by atoms with Gasteiger partial charge in [-0.05, 0) is 31.5 Å². The van der Waals surface area contributed by atoms with Crippen molar-refractivity contribution >= 4 is 10.0 Å². The lowest BCUT2D eigenvalue weighted by molar-refractivity contribution is 0.122. The van der Waals surface area contributed by atoms with Crippen molar-refractivity contribution in [1.82, 2.24) is 10.0 Å². The van der Waals surface area contributed by atoms with E-state index in [1.165, 1.54) is 7.11 Å². The molecule has 0 aromatic heterocycles. The highest BCUT2D eigenvalue weighted by Gasteiger charge is 2.35. The fourth-order valence-electron chi connectivity index (χ4n) is 2.50. The molecule has 1 aromatic rings. The molecule has 9 heteroatoms. The van der Waals surface area contributed by atoms with E-state index in [-0.39, 0.29) is 13.2 Å².